The summed E-state index contributed by atoms with van der Waals surface area (Å²) in [5.74, 6) is 0. The van der Waals surface area contributed by atoms with Crippen molar-refractivity contribution in [2.75, 3.05) is 18.8 Å². The molecule has 0 saturated carbocycles. The van der Waals surface area contributed by atoms with Gasteiger partial charge >= 0.3 is 10.2 Å². The Labute approximate surface area is 117 Å². The van der Waals surface area contributed by atoms with E-state index < -0.39 is 10.2 Å². The summed E-state index contributed by atoms with van der Waals surface area (Å²) in [7, 11) is -0.440. The molecule has 0 radical (unpaired) electrons. The molecule has 0 atom stereocenters. The van der Waals surface area contributed by atoms with E-state index in [9.17, 15) is 8.42 Å². The fraction of sp³-hybridized carbons (Fsp3) is 0.571. The Morgan fingerprint density at radius 1 is 1.05 bits per heavy atom. The summed E-state index contributed by atoms with van der Waals surface area (Å²) >= 11 is 0. The number of hydrogen-bond donors (Lipinski definition) is 1. The van der Waals surface area contributed by atoms with Crippen molar-refractivity contribution in [1.82, 2.24) is 4.31 Å². The number of anilines is 1. The van der Waals surface area contributed by atoms with Gasteiger partial charge in [0.1, 0.15) is 0 Å². The number of hydrogen-bond acceptors (Lipinski definition) is 2. The number of nitrogens with one attached hydrogen (secondary N) is 1. The molecular weight excluding hydrogens is 260 g/mol. The van der Waals surface area contributed by atoms with E-state index in [1.165, 1.54) is 24.0 Å². The Morgan fingerprint density at radius 2 is 1.47 bits per heavy atom. The van der Waals surface area contributed by atoms with Crippen molar-refractivity contribution in [3.8, 4) is 0 Å². The second-order valence-corrected chi connectivity index (χ2v) is 8.01. The summed E-state index contributed by atoms with van der Waals surface area (Å²) in [4.78, 5) is 0. The zero-order valence-electron chi connectivity index (χ0n) is 12.8. The van der Waals surface area contributed by atoms with E-state index in [0.717, 1.165) is 11.1 Å². The summed E-state index contributed by atoms with van der Waals surface area (Å²) in [6, 6.07) is 4.08. The average molecular weight is 284 g/mol. The van der Waals surface area contributed by atoms with Gasteiger partial charge in [0.15, 0.2) is 0 Å². The average Bonchev–Trinajstić information content (AvgIpc) is 2.21. The molecule has 1 aromatic carbocycles. The third kappa shape index (κ3) is 3.70. The van der Waals surface area contributed by atoms with Gasteiger partial charge in [0.05, 0.1) is 5.69 Å². The van der Waals surface area contributed by atoms with Crippen molar-refractivity contribution >= 4 is 15.9 Å². The van der Waals surface area contributed by atoms with Gasteiger partial charge in [-0.25, -0.2) is 0 Å². The Balaban J connectivity index is 3.27. The Hall–Kier alpha value is -1.07. The predicted molar refractivity (Wildman–Crippen MR) is 80.8 cm³/mol. The number of aryl methyl sites for hydroxylation is 2. The molecule has 0 saturated heterocycles. The minimum Gasteiger partial charge on any atom is -0.270 e. The molecule has 0 aliphatic rings. The normalized spacial score (nSPS) is 12.8. The maximum Gasteiger partial charge on any atom is 0.301 e. The van der Waals surface area contributed by atoms with Crippen molar-refractivity contribution in [1.29, 1.82) is 0 Å². The fourth-order valence-electron chi connectivity index (χ4n) is 1.78. The summed E-state index contributed by atoms with van der Waals surface area (Å²) in [6.07, 6.45) is 0. The summed E-state index contributed by atoms with van der Waals surface area (Å²) in [6.45, 7) is 10.3. The first-order valence-corrected chi connectivity index (χ1v) is 7.71. The van der Waals surface area contributed by atoms with Gasteiger partial charge in [0, 0.05) is 14.1 Å². The molecule has 4 nitrogen and oxygen atoms in total. The summed E-state index contributed by atoms with van der Waals surface area (Å²) < 4.78 is 27.6. The third-order valence-electron chi connectivity index (χ3n) is 3.11. The van der Waals surface area contributed by atoms with Crippen molar-refractivity contribution < 1.29 is 8.42 Å². The number of nitrogens with zero attached hydrogens (tertiary/aromatic N) is 1. The van der Waals surface area contributed by atoms with Gasteiger partial charge in [0.25, 0.3) is 0 Å². The van der Waals surface area contributed by atoms with Gasteiger partial charge < -0.3 is 0 Å². The number of rotatable bonds is 3. The van der Waals surface area contributed by atoms with Crippen LogP contribution in [-0.4, -0.2) is 26.8 Å². The highest BCUT2D eigenvalue weighted by Gasteiger charge is 2.19. The van der Waals surface area contributed by atoms with Crippen LogP contribution < -0.4 is 4.72 Å². The first kappa shape index (κ1) is 16.0. The lowest BCUT2D eigenvalue weighted by atomic mass is 9.85. The van der Waals surface area contributed by atoms with Crippen LogP contribution in [0.3, 0.4) is 0 Å². The molecule has 0 aromatic heterocycles. The van der Waals surface area contributed by atoms with Crippen LogP contribution >= 0.6 is 0 Å². The lowest BCUT2D eigenvalue weighted by Gasteiger charge is -2.23. The first-order chi connectivity index (χ1) is 8.45. The van der Waals surface area contributed by atoms with E-state index in [-0.39, 0.29) is 5.41 Å². The quantitative estimate of drug-likeness (QED) is 0.928. The zero-order valence-corrected chi connectivity index (χ0v) is 13.6. The molecule has 1 N–H and O–H groups in total. The van der Waals surface area contributed by atoms with Crippen molar-refractivity contribution in [3.63, 3.8) is 0 Å². The molecule has 19 heavy (non-hydrogen) atoms. The first-order valence-electron chi connectivity index (χ1n) is 6.27. The maximum atomic E-state index is 11.9. The molecule has 0 unspecified atom stereocenters. The minimum atomic E-state index is -3.46. The van der Waals surface area contributed by atoms with Crippen LogP contribution in [0.25, 0.3) is 0 Å². The van der Waals surface area contributed by atoms with Crippen LogP contribution in [0.1, 0.15) is 37.5 Å². The van der Waals surface area contributed by atoms with Crippen LogP contribution in [0, 0.1) is 13.8 Å². The molecule has 0 bridgehead atoms. The SMILES string of the molecule is Cc1cc(C(C)(C)C)cc(C)c1NS(=O)(=O)N(C)C. The fourth-order valence-corrected chi connectivity index (χ4v) is 2.54. The monoisotopic (exact) mass is 284 g/mol. The van der Waals surface area contributed by atoms with Crippen molar-refractivity contribution in [3.05, 3.63) is 28.8 Å². The van der Waals surface area contributed by atoms with Crippen LogP contribution in [-0.2, 0) is 15.6 Å². The molecule has 1 rings (SSSR count). The molecular formula is C14H24N2O2S. The minimum absolute atomic E-state index is 0.0501. The second kappa shape index (κ2) is 5.13. The zero-order chi connectivity index (χ0) is 15.0. The van der Waals surface area contributed by atoms with E-state index in [1.54, 1.807) is 0 Å². The molecule has 0 aliphatic heterocycles. The molecule has 0 aliphatic carbocycles. The van der Waals surface area contributed by atoms with E-state index in [0.29, 0.717) is 5.69 Å². The van der Waals surface area contributed by atoms with E-state index in [4.69, 9.17) is 0 Å². The van der Waals surface area contributed by atoms with E-state index >= 15 is 0 Å². The molecule has 0 fully saturated rings. The largest absolute Gasteiger partial charge is 0.301 e. The lowest BCUT2D eigenvalue weighted by Crippen LogP contribution is -2.29. The smallest absolute Gasteiger partial charge is 0.270 e. The topological polar surface area (TPSA) is 49.4 Å². The van der Waals surface area contributed by atoms with Crippen LogP contribution in [0.5, 0.6) is 0 Å². The van der Waals surface area contributed by atoms with Crippen molar-refractivity contribution in [2.24, 2.45) is 0 Å². The molecule has 0 spiro atoms. The third-order valence-corrected chi connectivity index (χ3v) is 4.53. The van der Waals surface area contributed by atoms with Crippen LogP contribution in [0.4, 0.5) is 5.69 Å². The van der Waals surface area contributed by atoms with Gasteiger partial charge in [-0.05, 0) is 36.0 Å². The molecule has 1 aromatic rings. The van der Waals surface area contributed by atoms with Crippen LogP contribution in [0.2, 0.25) is 0 Å². The van der Waals surface area contributed by atoms with Crippen LogP contribution in [0.15, 0.2) is 12.1 Å². The van der Waals surface area contributed by atoms with Gasteiger partial charge in [-0.3, -0.25) is 4.72 Å². The standard InChI is InChI=1S/C14H24N2O2S/c1-10-8-12(14(3,4)5)9-11(2)13(10)15-19(17,18)16(6)7/h8-9,15H,1-7H3. The van der Waals surface area contributed by atoms with Gasteiger partial charge in [-0.2, -0.15) is 12.7 Å². The van der Waals surface area contributed by atoms with E-state index in [1.807, 2.05) is 26.0 Å². The van der Waals surface area contributed by atoms with Gasteiger partial charge in [-0.15, -0.1) is 0 Å². The van der Waals surface area contributed by atoms with Gasteiger partial charge in [-0.1, -0.05) is 32.9 Å². The molecule has 108 valence electrons. The Kier molecular flexibility index (Phi) is 4.32. The van der Waals surface area contributed by atoms with Crippen molar-refractivity contribution in [2.45, 2.75) is 40.0 Å². The highest BCUT2D eigenvalue weighted by Crippen LogP contribution is 2.30. The second-order valence-electron chi connectivity index (χ2n) is 6.12. The Bertz CT molecular complexity index is 547. The Morgan fingerprint density at radius 3 is 1.79 bits per heavy atom. The lowest BCUT2D eigenvalue weighted by molar-refractivity contribution is 0.526. The highest BCUT2D eigenvalue weighted by atomic mass is 32.2. The summed E-state index contributed by atoms with van der Waals surface area (Å²) in [5, 5.41) is 0. The predicted octanol–water partition coefficient (Wildman–Crippen LogP) is 2.82. The molecule has 0 heterocycles. The molecule has 5 heteroatoms. The van der Waals surface area contributed by atoms with E-state index in [2.05, 4.69) is 25.5 Å². The highest BCUT2D eigenvalue weighted by molar-refractivity contribution is 7.90. The maximum absolute atomic E-state index is 11.9. The van der Waals surface area contributed by atoms with Gasteiger partial charge in [0.2, 0.25) is 0 Å². The number of benzene rings is 1. The summed E-state index contributed by atoms with van der Waals surface area (Å²) in [5.41, 5.74) is 3.80. The molecule has 0 amide bonds.